The van der Waals surface area contributed by atoms with Gasteiger partial charge in [-0.05, 0) is 30.4 Å². The lowest BCUT2D eigenvalue weighted by atomic mass is 9.90. The van der Waals surface area contributed by atoms with E-state index in [9.17, 15) is 4.79 Å². The number of amides is 1. The summed E-state index contributed by atoms with van der Waals surface area (Å²) in [5.74, 6) is 1.75. The number of nitrogens with zero attached hydrogens (tertiary/aromatic N) is 1. The SMILES string of the molecule is CN=C(NCCOCC1CC1)NCC1CC(=O)Nc2ccccc21. The van der Waals surface area contributed by atoms with Crippen molar-refractivity contribution in [3.63, 3.8) is 0 Å². The normalized spacial score (nSPS) is 20.3. The van der Waals surface area contributed by atoms with E-state index in [0.29, 0.717) is 19.6 Å². The molecule has 0 radical (unpaired) electrons. The highest BCUT2D eigenvalue weighted by Gasteiger charge is 2.24. The summed E-state index contributed by atoms with van der Waals surface area (Å²) in [5.41, 5.74) is 2.09. The van der Waals surface area contributed by atoms with Crippen molar-refractivity contribution >= 4 is 17.6 Å². The number of benzene rings is 1. The van der Waals surface area contributed by atoms with Crippen LogP contribution in [0.5, 0.6) is 0 Å². The van der Waals surface area contributed by atoms with Crippen LogP contribution < -0.4 is 16.0 Å². The van der Waals surface area contributed by atoms with Gasteiger partial charge in [0.15, 0.2) is 5.96 Å². The minimum absolute atomic E-state index is 0.0666. The van der Waals surface area contributed by atoms with Crippen LogP contribution in [-0.2, 0) is 9.53 Å². The molecule has 1 fully saturated rings. The maximum atomic E-state index is 11.9. The first kappa shape index (κ1) is 16.8. The fourth-order valence-electron chi connectivity index (χ4n) is 2.90. The second kappa shape index (κ2) is 8.15. The Morgan fingerprint density at radius 3 is 2.96 bits per heavy atom. The molecule has 1 aliphatic carbocycles. The third-order valence-corrected chi connectivity index (χ3v) is 4.44. The maximum absolute atomic E-state index is 11.9. The van der Waals surface area contributed by atoms with Gasteiger partial charge in [-0.15, -0.1) is 0 Å². The summed E-state index contributed by atoms with van der Waals surface area (Å²) in [6.07, 6.45) is 3.12. The van der Waals surface area contributed by atoms with Crippen molar-refractivity contribution in [3.8, 4) is 0 Å². The number of anilines is 1. The van der Waals surface area contributed by atoms with E-state index in [2.05, 4.69) is 27.0 Å². The number of aliphatic imine (C=N–C) groups is 1. The van der Waals surface area contributed by atoms with E-state index in [-0.39, 0.29) is 11.8 Å². The number of carbonyl (C=O) groups is 1. The molecule has 6 nitrogen and oxygen atoms in total. The quantitative estimate of drug-likeness (QED) is 0.404. The predicted molar refractivity (Wildman–Crippen MR) is 95.3 cm³/mol. The highest BCUT2D eigenvalue weighted by Crippen LogP contribution is 2.31. The van der Waals surface area contributed by atoms with Gasteiger partial charge in [0.25, 0.3) is 0 Å². The van der Waals surface area contributed by atoms with Crippen LogP contribution in [0.15, 0.2) is 29.3 Å². The van der Waals surface area contributed by atoms with E-state index in [1.807, 2.05) is 18.2 Å². The van der Waals surface area contributed by atoms with Crippen LogP contribution in [-0.4, -0.2) is 45.2 Å². The molecule has 1 saturated carbocycles. The minimum Gasteiger partial charge on any atom is -0.379 e. The third-order valence-electron chi connectivity index (χ3n) is 4.44. The molecule has 1 aromatic rings. The molecule has 3 N–H and O–H groups in total. The molecule has 6 heteroatoms. The van der Waals surface area contributed by atoms with Gasteiger partial charge in [0.2, 0.25) is 5.91 Å². The summed E-state index contributed by atoms with van der Waals surface area (Å²) in [4.78, 5) is 16.1. The van der Waals surface area contributed by atoms with Crippen LogP contribution in [0.2, 0.25) is 0 Å². The minimum atomic E-state index is 0.0666. The molecule has 1 aromatic carbocycles. The zero-order valence-corrected chi connectivity index (χ0v) is 14.2. The van der Waals surface area contributed by atoms with Gasteiger partial charge >= 0.3 is 0 Å². The van der Waals surface area contributed by atoms with E-state index in [4.69, 9.17) is 4.74 Å². The van der Waals surface area contributed by atoms with Gasteiger partial charge in [-0.3, -0.25) is 9.79 Å². The number of hydrogen-bond donors (Lipinski definition) is 3. The Kier molecular flexibility index (Phi) is 5.69. The van der Waals surface area contributed by atoms with E-state index in [1.165, 1.54) is 18.4 Å². The van der Waals surface area contributed by atoms with Crippen molar-refractivity contribution in [2.24, 2.45) is 10.9 Å². The fourth-order valence-corrected chi connectivity index (χ4v) is 2.90. The van der Waals surface area contributed by atoms with Crippen LogP contribution in [0.25, 0.3) is 0 Å². The number of para-hydroxylation sites is 1. The Hall–Kier alpha value is -2.08. The number of fused-ring (bicyclic) bond motifs is 1. The first-order valence-corrected chi connectivity index (χ1v) is 8.67. The molecule has 1 heterocycles. The highest BCUT2D eigenvalue weighted by atomic mass is 16.5. The largest absolute Gasteiger partial charge is 0.379 e. The molecule has 0 saturated heterocycles. The molecule has 1 atom stereocenters. The fraction of sp³-hybridized carbons (Fsp3) is 0.556. The number of rotatable bonds is 7. The highest BCUT2D eigenvalue weighted by molar-refractivity contribution is 5.94. The molecule has 2 aliphatic rings. The van der Waals surface area contributed by atoms with Gasteiger partial charge in [0.1, 0.15) is 0 Å². The van der Waals surface area contributed by atoms with Crippen molar-refractivity contribution in [1.29, 1.82) is 0 Å². The molecule has 1 aliphatic heterocycles. The van der Waals surface area contributed by atoms with Gasteiger partial charge < -0.3 is 20.7 Å². The summed E-state index contributed by atoms with van der Waals surface area (Å²) < 4.78 is 5.61. The van der Waals surface area contributed by atoms with Crippen molar-refractivity contribution < 1.29 is 9.53 Å². The van der Waals surface area contributed by atoms with Crippen LogP contribution in [0.4, 0.5) is 5.69 Å². The summed E-state index contributed by atoms with van der Waals surface area (Å²) in [7, 11) is 1.75. The summed E-state index contributed by atoms with van der Waals surface area (Å²) in [6.45, 7) is 2.97. The first-order valence-electron chi connectivity index (χ1n) is 8.67. The summed E-state index contributed by atoms with van der Waals surface area (Å²) in [6, 6.07) is 7.97. The molecular formula is C18H26N4O2. The molecular weight excluding hydrogens is 304 g/mol. The first-order chi connectivity index (χ1) is 11.8. The summed E-state index contributed by atoms with van der Waals surface area (Å²) >= 11 is 0. The molecule has 1 amide bonds. The van der Waals surface area contributed by atoms with Crippen LogP contribution >= 0.6 is 0 Å². The van der Waals surface area contributed by atoms with E-state index >= 15 is 0 Å². The topological polar surface area (TPSA) is 74.8 Å². The second-order valence-corrected chi connectivity index (χ2v) is 6.43. The molecule has 0 aromatic heterocycles. The lowest BCUT2D eigenvalue weighted by Gasteiger charge is -2.26. The smallest absolute Gasteiger partial charge is 0.225 e. The van der Waals surface area contributed by atoms with Crippen molar-refractivity contribution in [2.75, 3.05) is 38.7 Å². The van der Waals surface area contributed by atoms with E-state index in [0.717, 1.165) is 30.7 Å². The Morgan fingerprint density at radius 2 is 2.17 bits per heavy atom. The van der Waals surface area contributed by atoms with E-state index < -0.39 is 0 Å². The standard InChI is InChI=1S/C18H26N4O2/c1-19-18(20-8-9-24-12-13-6-7-13)21-11-14-10-17(23)22-16-5-3-2-4-15(14)16/h2-5,13-14H,6-12H2,1H3,(H,22,23)(H2,19,20,21). The Labute approximate surface area is 143 Å². The lowest BCUT2D eigenvalue weighted by Crippen LogP contribution is -2.41. The zero-order valence-electron chi connectivity index (χ0n) is 14.2. The van der Waals surface area contributed by atoms with Gasteiger partial charge in [-0.25, -0.2) is 0 Å². The molecule has 0 bridgehead atoms. The second-order valence-electron chi connectivity index (χ2n) is 6.43. The van der Waals surface area contributed by atoms with E-state index in [1.54, 1.807) is 7.05 Å². The summed E-state index contributed by atoms with van der Waals surface area (Å²) in [5, 5.41) is 9.49. The van der Waals surface area contributed by atoms with Gasteiger partial charge in [-0.1, -0.05) is 18.2 Å². The maximum Gasteiger partial charge on any atom is 0.225 e. The molecule has 24 heavy (non-hydrogen) atoms. The molecule has 0 spiro atoms. The Bertz CT molecular complexity index is 598. The molecule has 130 valence electrons. The van der Waals surface area contributed by atoms with Crippen molar-refractivity contribution in [3.05, 3.63) is 29.8 Å². The average molecular weight is 330 g/mol. The predicted octanol–water partition coefficient (Wildman–Crippen LogP) is 1.70. The molecule has 3 rings (SSSR count). The number of carbonyl (C=O) groups excluding carboxylic acids is 1. The number of ether oxygens (including phenoxy) is 1. The van der Waals surface area contributed by atoms with Crippen molar-refractivity contribution in [1.82, 2.24) is 10.6 Å². The Balaban J connectivity index is 1.44. The van der Waals surface area contributed by atoms with Gasteiger partial charge in [0.05, 0.1) is 6.61 Å². The van der Waals surface area contributed by atoms with Crippen molar-refractivity contribution in [2.45, 2.75) is 25.2 Å². The number of guanidine groups is 1. The van der Waals surface area contributed by atoms with Gasteiger partial charge in [-0.2, -0.15) is 0 Å². The Morgan fingerprint density at radius 1 is 1.33 bits per heavy atom. The van der Waals surface area contributed by atoms with Crippen LogP contribution in [0.3, 0.4) is 0 Å². The number of hydrogen-bond acceptors (Lipinski definition) is 3. The zero-order chi connectivity index (χ0) is 16.8. The third kappa shape index (κ3) is 4.71. The number of nitrogens with one attached hydrogen (secondary N) is 3. The van der Waals surface area contributed by atoms with Crippen LogP contribution in [0.1, 0.15) is 30.7 Å². The lowest BCUT2D eigenvalue weighted by molar-refractivity contribution is -0.116. The molecule has 1 unspecified atom stereocenters. The van der Waals surface area contributed by atoms with Crippen LogP contribution in [0, 0.1) is 5.92 Å². The van der Waals surface area contributed by atoms with Gasteiger partial charge in [0, 0.05) is 44.8 Å². The monoisotopic (exact) mass is 330 g/mol. The average Bonchev–Trinajstić information content (AvgIpc) is 3.41.